The molecule has 0 radical (unpaired) electrons. The lowest BCUT2D eigenvalue weighted by atomic mass is 10.1. The smallest absolute Gasteiger partial charge is 0.333 e. The first-order valence-electron chi connectivity index (χ1n) is 8.36. The lowest BCUT2D eigenvalue weighted by Crippen LogP contribution is -2.18. The number of nitrogens with zero attached hydrogens (tertiary/aromatic N) is 2. The van der Waals surface area contributed by atoms with Crippen molar-refractivity contribution in [3.8, 4) is 11.4 Å². The number of hydrogen-bond donors (Lipinski definition) is 1. The Hall–Kier alpha value is -3.44. The van der Waals surface area contributed by atoms with Crippen molar-refractivity contribution >= 4 is 11.6 Å². The van der Waals surface area contributed by atoms with Crippen LogP contribution in [0.4, 0.5) is 40.8 Å². The minimum absolute atomic E-state index is 0.140. The summed E-state index contributed by atoms with van der Waals surface area (Å²) in [5.41, 5.74) is -5.21. The average Bonchev–Trinajstić information content (AvgIpc) is 3.01. The van der Waals surface area contributed by atoms with Gasteiger partial charge in [0.05, 0.1) is 22.4 Å². The molecule has 0 atom stereocenters. The highest BCUT2D eigenvalue weighted by Crippen LogP contribution is 2.39. The van der Waals surface area contributed by atoms with Gasteiger partial charge in [0, 0.05) is 13.2 Å². The van der Waals surface area contributed by atoms with Crippen molar-refractivity contribution in [2.75, 3.05) is 5.32 Å². The summed E-state index contributed by atoms with van der Waals surface area (Å²) in [7, 11) is 1.27. The molecule has 1 heterocycles. The lowest BCUT2D eigenvalue weighted by molar-refractivity contribution is -0.140. The zero-order chi connectivity index (χ0) is 23.1. The lowest BCUT2D eigenvalue weighted by Gasteiger charge is -2.16. The Morgan fingerprint density at radius 1 is 0.968 bits per heavy atom. The summed E-state index contributed by atoms with van der Waals surface area (Å²) in [6, 6.07) is 3.53. The molecule has 1 aromatic heterocycles. The molecule has 1 amide bonds. The van der Waals surface area contributed by atoms with Crippen LogP contribution in [0.1, 0.15) is 21.6 Å². The van der Waals surface area contributed by atoms with Gasteiger partial charge in [-0.15, -0.1) is 0 Å². The van der Waals surface area contributed by atoms with E-state index >= 15 is 0 Å². The van der Waals surface area contributed by atoms with Crippen molar-refractivity contribution < 1.29 is 39.9 Å². The van der Waals surface area contributed by atoms with Crippen molar-refractivity contribution in [1.29, 1.82) is 0 Å². The first-order chi connectivity index (χ1) is 14.3. The first kappa shape index (κ1) is 22.2. The topological polar surface area (TPSA) is 46.9 Å². The van der Waals surface area contributed by atoms with E-state index < -0.39 is 58.0 Å². The van der Waals surface area contributed by atoms with Crippen LogP contribution in [0.3, 0.4) is 0 Å². The van der Waals surface area contributed by atoms with Crippen LogP contribution in [0.25, 0.3) is 11.4 Å². The third kappa shape index (κ3) is 4.52. The molecule has 0 bridgehead atoms. The molecule has 0 saturated heterocycles. The fourth-order valence-electron chi connectivity index (χ4n) is 2.78. The molecule has 0 saturated carbocycles. The third-order valence-corrected chi connectivity index (χ3v) is 4.20. The fraction of sp³-hybridized carbons (Fsp3) is 0.158. The van der Waals surface area contributed by atoms with Crippen molar-refractivity contribution in [1.82, 2.24) is 9.55 Å². The summed E-state index contributed by atoms with van der Waals surface area (Å²) in [5, 5.41) is 1.74. The molecule has 1 N–H and O–H groups in total. The molecular weight excluding hydrogens is 438 g/mol. The summed E-state index contributed by atoms with van der Waals surface area (Å²) < 4.78 is 107. The zero-order valence-corrected chi connectivity index (χ0v) is 15.4. The maximum atomic E-state index is 14.0. The largest absolute Gasteiger partial charge is 0.418 e. The highest BCUT2D eigenvalue weighted by molar-refractivity contribution is 6.03. The van der Waals surface area contributed by atoms with Gasteiger partial charge in [0.1, 0.15) is 23.2 Å². The quantitative estimate of drug-likeness (QED) is 0.525. The highest BCUT2D eigenvalue weighted by Gasteiger charge is 2.37. The Morgan fingerprint density at radius 3 is 2.13 bits per heavy atom. The number of aryl methyl sites for hydroxylation is 1. The number of amides is 1. The van der Waals surface area contributed by atoms with Crippen LogP contribution in [0.5, 0.6) is 0 Å². The van der Waals surface area contributed by atoms with E-state index in [1.165, 1.54) is 7.05 Å². The second kappa shape index (κ2) is 7.67. The molecule has 2 aromatic carbocycles. The Bertz CT molecular complexity index is 1130. The minimum atomic E-state index is -5.06. The van der Waals surface area contributed by atoms with Crippen LogP contribution in [0.15, 0.2) is 42.6 Å². The second-order valence-corrected chi connectivity index (χ2v) is 6.37. The average molecular weight is 449 g/mol. The van der Waals surface area contributed by atoms with Crippen LogP contribution >= 0.6 is 0 Å². The van der Waals surface area contributed by atoms with E-state index in [1.54, 1.807) is 5.32 Å². The van der Waals surface area contributed by atoms with Crippen LogP contribution in [0.2, 0.25) is 0 Å². The standard InChI is InChI=1S/C19H11F8N3O/c1-30-8-14(28-16(30)15-11(20)3-2-4-12(15)21)17(31)29-13-7-9(18(22,23)24)5-6-10(13)19(25,26)27/h2-8H,1H3,(H,29,31). The Kier molecular flexibility index (Phi) is 5.51. The molecule has 3 aromatic rings. The number of hydrogen-bond acceptors (Lipinski definition) is 2. The number of anilines is 1. The van der Waals surface area contributed by atoms with Crippen LogP contribution in [-0.2, 0) is 19.4 Å². The van der Waals surface area contributed by atoms with E-state index in [4.69, 9.17) is 0 Å². The molecule has 0 aliphatic carbocycles. The Balaban J connectivity index is 2.01. The summed E-state index contributed by atoms with van der Waals surface area (Å²) in [4.78, 5) is 16.1. The van der Waals surface area contributed by atoms with Crippen molar-refractivity contribution in [3.63, 3.8) is 0 Å². The van der Waals surface area contributed by atoms with Crippen LogP contribution in [-0.4, -0.2) is 15.5 Å². The number of imidazole rings is 1. The molecule has 31 heavy (non-hydrogen) atoms. The van der Waals surface area contributed by atoms with Crippen molar-refractivity contribution in [2.45, 2.75) is 12.4 Å². The fourth-order valence-corrected chi connectivity index (χ4v) is 2.78. The predicted octanol–water partition coefficient (Wildman–Crippen LogP) is 5.66. The van der Waals surface area contributed by atoms with Crippen molar-refractivity contribution in [3.05, 3.63) is 71.1 Å². The van der Waals surface area contributed by atoms with E-state index in [2.05, 4.69) is 4.98 Å². The Morgan fingerprint density at radius 2 is 1.58 bits per heavy atom. The molecule has 4 nitrogen and oxygen atoms in total. The van der Waals surface area contributed by atoms with Crippen LogP contribution in [0, 0.1) is 11.6 Å². The van der Waals surface area contributed by atoms with E-state index in [0.717, 1.165) is 29.0 Å². The molecule has 0 aliphatic heterocycles. The van der Waals surface area contributed by atoms with Gasteiger partial charge >= 0.3 is 12.4 Å². The van der Waals surface area contributed by atoms with Gasteiger partial charge in [-0.25, -0.2) is 13.8 Å². The number of carbonyl (C=O) groups excluding carboxylic acids is 1. The van der Waals surface area contributed by atoms with Gasteiger partial charge in [-0.2, -0.15) is 26.3 Å². The number of carbonyl (C=O) groups is 1. The zero-order valence-electron chi connectivity index (χ0n) is 15.4. The van der Waals surface area contributed by atoms with Gasteiger partial charge in [0.2, 0.25) is 0 Å². The van der Waals surface area contributed by atoms with Gasteiger partial charge in [0.25, 0.3) is 5.91 Å². The normalized spacial score (nSPS) is 12.2. The predicted molar refractivity (Wildman–Crippen MR) is 93.0 cm³/mol. The van der Waals surface area contributed by atoms with E-state index in [0.29, 0.717) is 0 Å². The number of rotatable bonds is 3. The summed E-state index contributed by atoms with van der Waals surface area (Å²) in [6.45, 7) is 0. The monoisotopic (exact) mass is 449 g/mol. The van der Waals surface area contributed by atoms with E-state index in [9.17, 15) is 39.9 Å². The van der Waals surface area contributed by atoms with Crippen molar-refractivity contribution in [2.24, 2.45) is 7.05 Å². The third-order valence-electron chi connectivity index (χ3n) is 4.20. The molecule has 0 fully saturated rings. The summed E-state index contributed by atoms with van der Waals surface area (Å²) in [6.07, 6.45) is -9.04. The molecule has 3 rings (SSSR count). The molecule has 12 heteroatoms. The molecule has 164 valence electrons. The number of halogens is 8. The first-order valence-corrected chi connectivity index (χ1v) is 8.36. The number of aromatic nitrogens is 2. The summed E-state index contributed by atoms with van der Waals surface area (Å²) in [5.74, 6) is -3.65. The van der Waals surface area contributed by atoms with Gasteiger partial charge in [-0.1, -0.05) is 6.07 Å². The maximum absolute atomic E-state index is 14.0. The number of benzene rings is 2. The van der Waals surface area contributed by atoms with Gasteiger partial charge in [0.15, 0.2) is 0 Å². The summed E-state index contributed by atoms with van der Waals surface area (Å²) >= 11 is 0. The number of nitrogens with one attached hydrogen (secondary N) is 1. The van der Waals surface area contributed by atoms with E-state index in [-0.39, 0.29) is 24.0 Å². The van der Waals surface area contributed by atoms with Gasteiger partial charge < -0.3 is 9.88 Å². The highest BCUT2D eigenvalue weighted by atomic mass is 19.4. The van der Waals surface area contributed by atoms with Crippen LogP contribution < -0.4 is 5.32 Å². The Labute approximate surface area is 169 Å². The molecule has 0 spiro atoms. The molecule has 0 aliphatic rings. The van der Waals surface area contributed by atoms with Gasteiger partial charge in [-0.3, -0.25) is 4.79 Å². The second-order valence-electron chi connectivity index (χ2n) is 6.37. The maximum Gasteiger partial charge on any atom is 0.418 e. The van der Waals surface area contributed by atoms with E-state index in [1.807, 2.05) is 0 Å². The molecule has 0 unspecified atom stereocenters. The number of alkyl halides is 6. The molecular formula is C19H11F8N3O. The minimum Gasteiger partial charge on any atom is -0.333 e. The SMILES string of the molecule is Cn1cc(C(=O)Nc2cc(C(F)(F)F)ccc2C(F)(F)F)nc1-c1c(F)cccc1F. The van der Waals surface area contributed by atoms with Gasteiger partial charge in [-0.05, 0) is 30.3 Å².